The fraction of sp³-hybridized carbons (Fsp3) is 0.588. The monoisotopic (exact) mass is 408 g/mol. The van der Waals surface area contributed by atoms with Gasteiger partial charge in [0.2, 0.25) is 5.82 Å². The van der Waals surface area contributed by atoms with E-state index in [-0.39, 0.29) is 0 Å². The van der Waals surface area contributed by atoms with E-state index in [1.54, 1.807) is 35.3 Å². The van der Waals surface area contributed by atoms with Crippen molar-refractivity contribution >= 4 is 46.3 Å². The average Bonchev–Trinajstić information content (AvgIpc) is 3.02. The fourth-order valence-corrected chi connectivity index (χ4v) is 5.31. The highest BCUT2D eigenvalue weighted by atomic mass is 32.2. The topological polar surface area (TPSA) is 28.7 Å². The summed E-state index contributed by atoms with van der Waals surface area (Å²) < 4.78 is 39.6. The molecule has 0 atom stereocenters. The van der Waals surface area contributed by atoms with Gasteiger partial charge in [0.05, 0.1) is 5.52 Å². The second-order valence-electron chi connectivity index (χ2n) is 5.55. The Hall–Kier alpha value is -0.470. The Morgan fingerprint density at radius 2 is 1.48 bits per heavy atom. The van der Waals surface area contributed by atoms with Crippen molar-refractivity contribution in [2.75, 3.05) is 17.3 Å². The number of halogens is 3. The molecule has 0 fully saturated rings. The lowest BCUT2D eigenvalue weighted by molar-refractivity contribution is -0.144. The molecule has 2 aromatic rings. The minimum Gasteiger partial charge on any atom is -0.333 e. The molecule has 2 nitrogen and oxygen atoms in total. The van der Waals surface area contributed by atoms with E-state index < -0.39 is 12.0 Å². The first-order valence-corrected chi connectivity index (χ1v) is 11.4. The molecule has 0 aliphatic carbocycles. The number of alkyl halides is 3. The number of hydrogen-bond donors (Lipinski definition) is 1. The van der Waals surface area contributed by atoms with Crippen LogP contribution in [0.4, 0.5) is 13.2 Å². The standard InChI is InChI=1S/C17H23F3N2S3/c1-4-7-23-11-10-12(24-8-5-2)15(25-9-6-3)14-13(11)21-16(22-14)17(18,19)20/h10H,4-9H2,1-3H3,(H,21,22). The Morgan fingerprint density at radius 1 is 0.920 bits per heavy atom. The molecular formula is C17H23F3N2S3. The van der Waals surface area contributed by atoms with Crippen LogP contribution in [0.5, 0.6) is 0 Å². The van der Waals surface area contributed by atoms with E-state index in [4.69, 9.17) is 0 Å². The summed E-state index contributed by atoms with van der Waals surface area (Å²) in [6, 6.07) is 2.03. The fourth-order valence-electron chi connectivity index (χ4n) is 2.21. The van der Waals surface area contributed by atoms with Gasteiger partial charge in [-0.15, -0.1) is 35.3 Å². The molecule has 0 amide bonds. The summed E-state index contributed by atoms with van der Waals surface area (Å²) in [7, 11) is 0. The van der Waals surface area contributed by atoms with E-state index in [0.29, 0.717) is 11.0 Å². The van der Waals surface area contributed by atoms with E-state index in [9.17, 15) is 13.2 Å². The van der Waals surface area contributed by atoms with Crippen molar-refractivity contribution in [3.8, 4) is 0 Å². The normalized spacial score (nSPS) is 12.2. The molecule has 25 heavy (non-hydrogen) atoms. The maximum absolute atomic E-state index is 13.2. The largest absolute Gasteiger partial charge is 0.449 e. The number of thioether (sulfide) groups is 3. The van der Waals surface area contributed by atoms with Gasteiger partial charge in [-0.25, -0.2) is 4.98 Å². The zero-order chi connectivity index (χ0) is 18.4. The number of nitrogens with zero attached hydrogens (tertiary/aromatic N) is 1. The van der Waals surface area contributed by atoms with Gasteiger partial charge in [0, 0.05) is 14.7 Å². The molecule has 0 spiro atoms. The molecule has 0 radical (unpaired) electrons. The summed E-state index contributed by atoms with van der Waals surface area (Å²) >= 11 is 4.91. The van der Waals surface area contributed by atoms with Crippen molar-refractivity contribution in [3.63, 3.8) is 0 Å². The van der Waals surface area contributed by atoms with Crippen molar-refractivity contribution in [2.24, 2.45) is 0 Å². The Bertz CT molecular complexity index is 698. The van der Waals surface area contributed by atoms with Crippen molar-refractivity contribution < 1.29 is 13.2 Å². The highest BCUT2D eigenvalue weighted by Gasteiger charge is 2.35. The molecule has 0 bridgehead atoms. The number of hydrogen-bond acceptors (Lipinski definition) is 4. The maximum atomic E-state index is 13.2. The molecular weight excluding hydrogens is 385 g/mol. The van der Waals surface area contributed by atoms with Crippen LogP contribution in [0.15, 0.2) is 20.8 Å². The van der Waals surface area contributed by atoms with Crippen molar-refractivity contribution in [1.82, 2.24) is 9.97 Å². The molecule has 1 aromatic carbocycles. The first-order chi connectivity index (χ1) is 11.9. The van der Waals surface area contributed by atoms with Gasteiger partial charge in [-0.1, -0.05) is 20.8 Å². The number of aromatic amines is 1. The lowest BCUT2D eigenvalue weighted by atomic mass is 10.3. The molecule has 1 N–H and O–H groups in total. The number of benzene rings is 1. The second kappa shape index (κ2) is 9.46. The number of rotatable bonds is 9. The first-order valence-electron chi connectivity index (χ1n) is 8.44. The van der Waals surface area contributed by atoms with E-state index in [0.717, 1.165) is 51.2 Å². The summed E-state index contributed by atoms with van der Waals surface area (Å²) in [4.78, 5) is 9.26. The molecule has 0 saturated carbocycles. The van der Waals surface area contributed by atoms with E-state index in [1.807, 2.05) is 6.07 Å². The van der Waals surface area contributed by atoms with Gasteiger partial charge in [0.25, 0.3) is 0 Å². The zero-order valence-electron chi connectivity index (χ0n) is 14.6. The molecule has 1 heterocycles. The van der Waals surface area contributed by atoms with E-state index in [2.05, 4.69) is 30.7 Å². The van der Waals surface area contributed by atoms with Crippen LogP contribution in [0.1, 0.15) is 45.9 Å². The quantitative estimate of drug-likeness (QED) is 0.448. The second-order valence-corrected chi connectivity index (χ2v) is 8.93. The van der Waals surface area contributed by atoms with Gasteiger partial charge < -0.3 is 4.98 Å². The summed E-state index contributed by atoms with van der Waals surface area (Å²) in [5, 5.41) is 0. The lowest BCUT2D eigenvalue weighted by Crippen LogP contribution is -2.06. The van der Waals surface area contributed by atoms with Crippen LogP contribution in [0.3, 0.4) is 0 Å². The minimum atomic E-state index is -4.46. The van der Waals surface area contributed by atoms with Crippen LogP contribution in [0, 0.1) is 0 Å². The van der Waals surface area contributed by atoms with Gasteiger partial charge in [-0.2, -0.15) is 13.2 Å². The predicted molar refractivity (Wildman–Crippen MR) is 104 cm³/mol. The molecule has 140 valence electrons. The van der Waals surface area contributed by atoms with Crippen LogP contribution in [0.2, 0.25) is 0 Å². The van der Waals surface area contributed by atoms with Crippen molar-refractivity contribution in [2.45, 2.75) is 60.9 Å². The van der Waals surface area contributed by atoms with Crippen LogP contribution >= 0.6 is 35.3 Å². The van der Waals surface area contributed by atoms with Crippen LogP contribution in [-0.4, -0.2) is 27.2 Å². The predicted octanol–water partition coefficient (Wildman–Crippen LogP) is 7.09. The summed E-state index contributed by atoms with van der Waals surface area (Å²) in [5.74, 6) is 1.78. The van der Waals surface area contributed by atoms with Crippen molar-refractivity contribution in [1.29, 1.82) is 0 Å². The SMILES string of the molecule is CCCSc1cc(SCCC)c2nc(C(F)(F)F)[nH]c2c1SCCC. The van der Waals surface area contributed by atoms with Gasteiger partial charge in [-0.3, -0.25) is 0 Å². The van der Waals surface area contributed by atoms with Gasteiger partial charge in [0.1, 0.15) is 5.52 Å². The van der Waals surface area contributed by atoms with E-state index >= 15 is 0 Å². The Balaban J connectivity index is 2.62. The first kappa shape index (κ1) is 20.8. The molecule has 0 aliphatic heterocycles. The molecule has 8 heteroatoms. The molecule has 1 aromatic heterocycles. The third-order valence-electron chi connectivity index (χ3n) is 3.29. The third-order valence-corrected chi connectivity index (χ3v) is 7.23. The van der Waals surface area contributed by atoms with E-state index in [1.165, 1.54) is 0 Å². The number of fused-ring (bicyclic) bond motifs is 1. The minimum absolute atomic E-state index is 0.449. The maximum Gasteiger partial charge on any atom is 0.449 e. The number of imidazole rings is 1. The number of aromatic nitrogens is 2. The molecule has 2 rings (SSSR count). The highest BCUT2D eigenvalue weighted by Crippen LogP contribution is 2.43. The Kier molecular flexibility index (Phi) is 7.89. The lowest BCUT2D eigenvalue weighted by Gasteiger charge is -2.12. The summed E-state index contributed by atoms with van der Waals surface area (Å²) in [5.41, 5.74) is 0.982. The summed E-state index contributed by atoms with van der Waals surface area (Å²) in [6.07, 6.45) is -1.51. The van der Waals surface area contributed by atoms with Crippen molar-refractivity contribution in [3.05, 3.63) is 11.9 Å². The Labute approximate surface area is 159 Å². The highest BCUT2D eigenvalue weighted by molar-refractivity contribution is 8.02. The summed E-state index contributed by atoms with van der Waals surface area (Å²) in [6.45, 7) is 6.24. The van der Waals surface area contributed by atoms with Crippen LogP contribution < -0.4 is 0 Å². The van der Waals surface area contributed by atoms with Crippen LogP contribution in [-0.2, 0) is 6.18 Å². The average molecular weight is 409 g/mol. The van der Waals surface area contributed by atoms with Gasteiger partial charge in [-0.05, 0) is 42.6 Å². The van der Waals surface area contributed by atoms with Gasteiger partial charge >= 0.3 is 6.18 Å². The molecule has 0 unspecified atom stereocenters. The third kappa shape index (κ3) is 5.26. The van der Waals surface area contributed by atoms with Gasteiger partial charge in [0.15, 0.2) is 0 Å². The number of H-pyrrole nitrogens is 1. The smallest absolute Gasteiger partial charge is 0.333 e. The molecule has 0 saturated heterocycles. The number of nitrogens with one attached hydrogen (secondary N) is 1. The molecule has 0 aliphatic rings. The van der Waals surface area contributed by atoms with Crippen LogP contribution in [0.25, 0.3) is 11.0 Å². The Morgan fingerprint density at radius 3 is 2.04 bits per heavy atom. The zero-order valence-corrected chi connectivity index (χ0v) is 17.1.